The van der Waals surface area contributed by atoms with E-state index < -0.39 is 38.4 Å². The van der Waals surface area contributed by atoms with Gasteiger partial charge in [0.1, 0.15) is 22.0 Å². The number of aromatic nitrogens is 2. The molecular formula is C36H20N2Na2O9S2. The van der Waals surface area contributed by atoms with Gasteiger partial charge >= 0.3 is 59.1 Å². The van der Waals surface area contributed by atoms with Gasteiger partial charge in [0.25, 0.3) is 0 Å². The number of nitrogens with zero attached hydrogens (tertiary/aromatic N) is 2. The molecule has 2 aromatic heterocycles. The molecule has 6 aromatic rings. The molecular weight excluding hydrogens is 715 g/mol. The molecule has 2 aliphatic rings. The van der Waals surface area contributed by atoms with Gasteiger partial charge in [0.2, 0.25) is 0 Å². The van der Waals surface area contributed by atoms with Crippen LogP contribution in [0.4, 0.5) is 0 Å². The van der Waals surface area contributed by atoms with Crippen LogP contribution in [0.5, 0.6) is 0 Å². The summed E-state index contributed by atoms with van der Waals surface area (Å²) >= 11 is 0.607. The fourth-order valence-electron chi connectivity index (χ4n) is 6.02. The molecule has 0 saturated carbocycles. The molecule has 11 nitrogen and oxygen atoms in total. The van der Waals surface area contributed by atoms with Crippen molar-refractivity contribution >= 4 is 67.1 Å². The summed E-state index contributed by atoms with van der Waals surface area (Å²) in [7, 11) is -4.76. The fourth-order valence-corrected chi connectivity index (χ4v) is 6.87. The van der Waals surface area contributed by atoms with Crippen molar-refractivity contribution in [1.82, 2.24) is 9.97 Å². The molecule has 0 N–H and O–H groups in total. The molecule has 0 saturated heterocycles. The first kappa shape index (κ1) is 38.8. The van der Waals surface area contributed by atoms with E-state index >= 15 is 0 Å². The number of ketones is 4. The van der Waals surface area contributed by atoms with E-state index in [0.29, 0.717) is 39.3 Å². The molecule has 0 radical (unpaired) electrons. The van der Waals surface area contributed by atoms with Crippen molar-refractivity contribution in [3.05, 3.63) is 143 Å². The van der Waals surface area contributed by atoms with Gasteiger partial charge in [-0.1, -0.05) is 60.7 Å². The Bertz CT molecular complexity index is 2480. The fraction of sp³-hybridized carbons (Fsp3) is 0.0556. The summed E-state index contributed by atoms with van der Waals surface area (Å²) in [4.78, 5) is 59.3. The largest absolute Gasteiger partial charge is 1.00 e. The van der Waals surface area contributed by atoms with Crippen molar-refractivity contribution in [3.8, 4) is 0 Å². The van der Waals surface area contributed by atoms with Crippen LogP contribution < -0.4 is 64.4 Å². The minimum absolute atomic E-state index is 0. The maximum atomic E-state index is 12.8. The van der Waals surface area contributed by atoms with Crippen LogP contribution in [0, 0.1) is 0 Å². The molecule has 2 aliphatic carbocycles. The van der Waals surface area contributed by atoms with E-state index in [4.69, 9.17) is 0 Å². The Morgan fingerprint density at radius 3 is 1.65 bits per heavy atom. The van der Waals surface area contributed by atoms with Crippen LogP contribution in [0.3, 0.4) is 0 Å². The van der Waals surface area contributed by atoms with Gasteiger partial charge < -0.3 is 14.1 Å². The Morgan fingerprint density at radius 1 is 0.569 bits per heavy atom. The van der Waals surface area contributed by atoms with Gasteiger partial charge in [-0.3, -0.25) is 29.1 Å². The van der Waals surface area contributed by atoms with E-state index in [1.165, 1.54) is 12.1 Å². The topological polar surface area (TPSA) is 184 Å². The number of fused-ring (bicyclic) bond motifs is 4. The van der Waals surface area contributed by atoms with E-state index in [2.05, 4.69) is 14.3 Å². The van der Waals surface area contributed by atoms with Crippen LogP contribution in [-0.4, -0.2) is 46.1 Å². The van der Waals surface area contributed by atoms with Gasteiger partial charge in [0.15, 0.2) is 23.1 Å². The van der Waals surface area contributed by atoms with Crippen LogP contribution in [0.15, 0.2) is 119 Å². The van der Waals surface area contributed by atoms with E-state index in [1.54, 1.807) is 54.6 Å². The molecule has 0 bridgehead atoms. The third kappa shape index (κ3) is 7.43. The number of carbonyl (C=O) groups is 4. The van der Waals surface area contributed by atoms with E-state index in [9.17, 15) is 37.4 Å². The standard InChI is InChI=1S/C18H11NO7S2.C18H11NO2.2Na/c20-17-12-5-4-11(28(23,24)25)8-13(12)18(21)16(17)14-6-2-9-1-3-10(27-26-22)7-15(9)19-14;20-17-12-6-2-3-7-13(12)18(21)16(17)15-10-9-11-5-1-4-8-14(11)19-15;;/h1-8,16,22H,(H,23,24,25);1-10,16H;;/q;;2*+1/p-2. The van der Waals surface area contributed by atoms with Crippen LogP contribution >= 0.6 is 12.0 Å². The van der Waals surface area contributed by atoms with Crippen LogP contribution in [0.2, 0.25) is 0 Å². The van der Waals surface area contributed by atoms with E-state index in [0.717, 1.165) is 28.4 Å². The van der Waals surface area contributed by atoms with Gasteiger partial charge in [-0.15, -0.1) is 0 Å². The molecule has 0 spiro atoms. The smallest absolute Gasteiger partial charge is 0.744 e. The number of rotatable bonds is 5. The summed E-state index contributed by atoms with van der Waals surface area (Å²) in [6, 6.07) is 29.6. The zero-order valence-electron chi connectivity index (χ0n) is 26.9. The normalized spacial score (nSPS) is 15.1. The molecule has 1 unspecified atom stereocenters. The van der Waals surface area contributed by atoms with Crippen molar-refractivity contribution in [2.75, 3.05) is 0 Å². The molecule has 2 heterocycles. The number of hydrogen-bond donors (Lipinski definition) is 0. The van der Waals surface area contributed by atoms with Crippen molar-refractivity contribution in [2.45, 2.75) is 21.6 Å². The number of carbonyl (C=O) groups excluding carboxylic acids is 4. The van der Waals surface area contributed by atoms with Gasteiger partial charge in [-0.2, -0.15) is 0 Å². The Labute approximate surface area is 339 Å². The quantitative estimate of drug-likeness (QED) is 0.0527. The third-order valence-corrected chi connectivity index (χ3v) is 9.69. The maximum Gasteiger partial charge on any atom is 1.00 e. The monoisotopic (exact) mass is 734 g/mol. The molecule has 1 atom stereocenters. The van der Waals surface area contributed by atoms with Crippen molar-refractivity contribution in [3.63, 3.8) is 0 Å². The Kier molecular flexibility index (Phi) is 11.9. The summed E-state index contributed by atoms with van der Waals surface area (Å²) in [5.74, 6) is -3.47. The summed E-state index contributed by atoms with van der Waals surface area (Å²) in [5, 5.41) is 12.0. The van der Waals surface area contributed by atoms with Gasteiger partial charge in [0, 0.05) is 50.0 Å². The summed E-state index contributed by atoms with van der Waals surface area (Å²) in [6.07, 6.45) is 0. The molecule has 15 heteroatoms. The zero-order chi connectivity index (χ0) is 34.4. The number of Topliss-reactive ketones (excluding diaryl/α,β-unsaturated/α-hetero) is 4. The molecule has 0 fully saturated rings. The number of hydrogen-bond acceptors (Lipinski definition) is 12. The Hall–Kier alpha value is -3.44. The average molecular weight is 735 g/mol. The zero-order valence-corrected chi connectivity index (χ0v) is 32.6. The van der Waals surface area contributed by atoms with Gasteiger partial charge in [0.05, 0.1) is 27.3 Å². The SMILES string of the molecule is O=C1c2ccc(S(=O)(=O)[O-])cc2C(=O)C1c1ccc2ccc(SO[O-])cc2n1.O=C1c2ccccc2C(=O)C1c1ccc2ccccc2n1.[Na+].[Na+]. The predicted molar refractivity (Wildman–Crippen MR) is 174 cm³/mol. The number of pyridine rings is 2. The first-order valence-electron chi connectivity index (χ1n) is 14.6. The van der Waals surface area contributed by atoms with Gasteiger partial charge in [-0.25, -0.2) is 8.42 Å². The van der Waals surface area contributed by atoms with Crippen molar-refractivity contribution in [2.24, 2.45) is 0 Å². The number of benzene rings is 4. The first-order valence-corrected chi connectivity index (χ1v) is 16.8. The van der Waals surface area contributed by atoms with Crippen LogP contribution in [-0.2, 0) is 14.5 Å². The minimum atomic E-state index is -4.76. The Balaban J connectivity index is 0.000000197. The molecule has 242 valence electrons. The second-order valence-electron chi connectivity index (χ2n) is 11.2. The summed E-state index contributed by atoms with van der Waals surface area (Å²) in [5.41, 5.74) is 2.91. The first-order chi connectivity index (χ1) is 23.5. The second-order valence-corrected chi connectivity index (χ2v) is 13.4. The molecule has 8 rings (SSSR count). The van der Waals surface area contributed by atoms with Crippen LogP contribution in [0.25, 0.3) is 21.8 Å². The third-order valence-electron chi connectivity index (χ3n) is 8.34. The van der Waals surface area contributed by atoms with Crippen LogP contribution in [0.1, 0.15) is 64.7 Å². The Morgan fingerprint density at radius 2 is 1.06 bits per heavy atom. The second kappa shape index (κ2) is 15.7. The van der Waals surface area contributed by atoms with E-state index in [1.807, 2.05) is 30.3 Å². The minimum Gasteiger partial charge on any atom is -0.744 e. The summed E-state index contributed by atoms with van der Waals surface area (Å²) in [6.45, 7) is 0. The predicted octanol–water partition coefficient (Wildman–Crippen LogP) is -0.994. The molecule has 4 aromatic carbocycles. The summed E-state index contributed by atoms with van der Waals surface area (Å²) < 4.78 is 37.4. The van der Waals surface area contributed by atoms with E-state index in [-0.39, 0.29) is 87.5 Å². The molecule has 0 aliphatic heterocycles. The average Bonchev–Trinajstić information content (AvgIpc) is 3.51. The van der Waals surface area contributed by atoms with Crippen molar-refractivity contribution in [1.29, 1.82) is 0 Å². The van der Waals surface area contributed by atoms with Crippen molar-refractivity contribution < 1.29 is 101 Å². The van der Waals surface area contributed by atoms with Gasteiger partial charge in [-0.05, 0) is 48.5 Å². The molecule has 0 amide bonds. The molecule has 51 heavy (non-hydrogen) atoms. The maximum absolute atomic E-state index is 12.8. The number of para-hydroxylation sites is 1.